The van der Waals surface area contributed by atoms with Crippen molar-refractivity contribution in [3.63, 3.8) is 0 Å². The quantitative estimate of drug-likeness (QED) is 0.866. The Labute approximate surface area is 106 Å². The smallest absolute Gasteiger partial charge is 0.396 e. The zero-order chi connectivity index (χ0) is 13.5. The average Bonchev–Trinajstić information content (AvgIpc) is 2.65. The predicted molar refractivity (Wildman–Crippen MR) is 62.4 cm³/mol. The summed E-state index contributed by atoms with van der Waals surface area (Å²) >= 11 is 0. The van der Waals surface area contributed by atoms with Crippen molar-refractivity contribution in [2.24, 2.45) is 0 Å². The third-order valence-electron chi connectivity index (χ3n) is 2.33. The van der Waals surface area contributed by atoms with Gasteiger partial charge < -0.3 is 20.5 Å². The topological polar surface area (TPSA) is 82.3 Å². The Morgan fingerprint density at radius 1 is 1.11 bits per heavy atom. The molecule has 0 radical (unpaired) electrons. The summed E-state index contributed by atoms with van der Waals surface area (Å²) in [5.74, 6) is 0.221. The SMILES string of the molecule is Nc1cnc(Nc2ccc3c(c2)OC(F)(F)O3)nc1. The number of fused-ring (bicyclic) bond motifs is 1. The van der Waals surface area contributed by atoms with Crippen molar-refractivity contribution in [2.75, 3.05) is 11.1 Å². The lowest BCUT2D eigenvalue weighted by molar-refractivity contribution is -0.286. The first kappa shape index (κ1) is 11.5. The summed E-state index contributed by atoms with van der Waals surface area (Å²) < 4.78 is 34.3. The number of anilines is 3. The number of nitrogens with two attached hydrogens (primary N) is 1. The maximum atomic E-state index is 12.8. The van der Waals surface area contributed by atoms with E-state index in [2.05, 4.69) is 24.8 Å². The van der Waals surface area contributed by atoms with Crippen LogP contribution in [0.15, 0.2) is 30.6 Å². The molecule has 1 aliphatic heterocycles. The molecule has 0 amide bonds. The van der Waals surface area contributed by atoms with Gasteiger partial charge in [-0.2, -0.15) is 0 Å². The van der Waals surface area contributed by atoms with E-state index >= 15 is 0 Å². The zero-order valence-corrected chi connectivity index (χ0v) is 9.43. The number of benzene rings is 1. The van der Waals surface area contributed by atoms with E-state index in [1.807, 2.05) is 0 Å². The summed E-state index contributed by atoms with van der Waals surface area (Å²) in [6.45, 7) is 0. The molecule has 2 heterocycles. The molecule has 3 rings (SSSR count). The van der Waals surface area contributed by atoms with Crippen LogP contribution in [0.1, 0.15) is 0 Å². The summed E-state index contributed by atoms with van der Waals surface area (Å²) in [5.41, 5.74) is 6.37. The molecular formula is C11H8F2N4O2. The van der Waals surface area contributed by atoms with E-state index in [4.69, 9.17) is 5.73 Å². The van der Waals surface area contributed by atoms with Gasteiger partial charge in [-0.1, -0.05) is 0 Å². The highest BCUT2D eigenvalue weighted by Crippen LogP contribution is 2.42. The molecule has 0 bridgehead atoms. The van der Waals surface area contributed by atoms with Crippen molar-refractivity contribution in [3.8, 4) is 11.5 Å². The number of nitrogens with one attached hydrogen (secondary N) is 1. The molecule has 0 aliphatic carbocycles. The Morgan fingerprint density at radius 2 is 1.79 bits per heavy atom. The molecule has 8 heteroatoms. The number of ether oxygens (including phenoxy) is 2. The molecule has 0 fully saturated rings. The van der Waals surface area contributed by atoms with Gasteiger partial charge in [-0.25, -0.2) is 9.97 Å². The number of aromatic nitrogens is 2. The molecule has 1 aromatic heterocycles. The molecular weight excluding hydrogens is 258 g/mol. The number of halogens is 2. The van der Waals surface area contributed by atoms with Crippen molar-refractivity contribution in [1.82, 2.24) is 9.97 Å². The van der Waals surface area contributed by atoms with Crippen LogP contribution in [0.5, 0.6) is 11.5 Å². The molecule has 2 aromatic rings. The Morgan fingerprint density at radius 3 is 2.53 bits per heavy atom. The number of rotatable bonds is 2. The van der Waals surface area contributed by atoms with Crippen molar-refractivity contribution in [1.29, 1.82) is 0 Å². The fourth-order valence-corrected chi connectivity index (χ4v) is 1.56. The van der Waals surface area contributed by atoms with E-state index in [9.17, 15) is 8.78 Å². The average molecular weight is 266 g/mol. The molecule has 0 unspecified atom stereocenters. The van der Waals surface area contributed by atoms with Crippen LogP contribution in [0.25, 0.3) is 0 Å². The van der Waals surface area contributed by atoms with Gasteiger partial charge in [-0.05, 0) is 12.1 Å². The predicted octanol–water partition coefficient (Wildman–Crippen LogP) is 2.12. The van der Waals surface area contributed by atoms with Gasteiger partial charge in [0.15, 0.2) is 11.5 Å². The van der Waals surface area contributed by atoms with E-state index in [0.29, 0.717) is 17.3 Å². The summed E-state index contributed by atoms with van der Waals surface area (Å²) in [5, 5.41) is 2.83. The number of nitrogen functional groups attached to an aromatic ring is 1. The van der Waals surface area contributed by atoms with Crippen molar-refractivity contribution in [3.05, 3.63) is 30.6 Å². The second kappa shape index (κ2) is 3.94. The van der Waals surface area contributed by atoms with Gasteiger partial charge in [0.25, 0.3) is 0 Å². The normalized spacial score (nSPS) is 15.3. The molecule has 0 saturated heterocycles. The van der Waals surface area contributed by atoms with E-state index in [1.54, 1.807) is 6.07 Å². The standard InChI is InChI=1S/C11H8F2N4O2/c12-11(13)18-8-2-1-7(3-9(8)19-11)17-10-15-4-6(14)5-16-10/h1-5H,14H2,(H,15,16,17). The monoisotopic (exact) mass is 266 g/mol. The van der Waals surface area contributed by atoms with Crippen LogP contribution in [0.3, 0.4) is 0 Å². The van der Waals surface area contributed by atoms with Gasteiger partial charge >= 0.3 is 6.29 Å². The van der Waals surface area contributed by atoms with E-state index in [1.165, 1.54) is 24.5 Å². The molecule has 19 heavy (non-hydrogen) atoms. The van der Waals surface area contributed by atoms with Gasteiger partial charge in [0.1, 0.15) is 0 Å². The van der Waals surface area contributed by atoms with Crippen LogP contribution in [-0.4, -0.2) is 16.3 Å². The van der Waals surface area contributed by atoms with Crippen LogP contribution in [0.4, 0.5) is 26.1 Å². The minimum Gasteiger partial charge on any atom is -0.396 e. The third kappa shape index (κ3) is 2.32. The Hall–Kier alpha value is -2.64. The van der Waals surface area contributed by atoms with Gasteiger partial charge in [0.2, 0.25) is 5.95 Å². The minimum absolute atomic E-state index is 0.0197. The van der Waals surface area contributed by atoms with Crippen LogP contribution in [-0.2, 0) is 0 Å². The van der Waals surface area contributed by atoms with Crippen LogP contribution < -0.4 is 20.5 Å². The lowest BCUT2D eigenvalue weighted by Crippen LogP contribution is -2.25. The minimum atomic E-state index is -3.63. The highest BCUT2D eigenvalue weighted by atomic mass is 19.3. The second-order valence-electron chi connectivity index (χ2n) is 3.79. The molecule has 6 nitrogen and oxygen atoms in total. The Balaban J connectivity index is 1.82. The molecule has 1 aliphatic rings. The number of hydrogen-bond acceptors (Lipinski definition) is 6. The summed E-state index contributed by atoms with van der Waals surface area (Å²) in [6.07, 6.45) is -0.772. The van der Waals surface area contributed by atoms with Crippen LogP contribution in [0, 0.1) is 0 Å². The van der Waals surface area contributed by atoms with Crippen LogP contribution >= 0.6 is 0 Å². The first-order valence-electron chi connectivity index (χ1n) is 5.26. The van der Waals surface area contributed by atoms with Crippen molar-refractivity contribution < 1.29 is 18.3 Å². The number of nitrogens with zero attached hydrogens (tertiary/aromatic N) is 2. The van der Waals surface area contributed by atoms with Gasteiger partial charge in [0, 0.05) is 11.8 Å². The third-order valence-corrected chi connectivity index (χ3v) is 2.33. The lowest BCUT2D eigenvalue weighted by atomic mass is 10.3. The maximum Gasteiger partial charge on any atom is 0.586 e. The molecule has 1 aromatic carbocycles. The Bertz CT molecular complexity index is 619. The van der Waals surface area contributed by atoms with Gasteiger partial charge in [-0.15, -0.1) is 8.78 Å². The highest BCUT2D eigenvalue weighted by molar-refractivity contribution is 5.60. The van der Waals surface area contributed by atoms with Crippen molar-refractivity contribution >= 4 is 17.3 Å². The fourth-order valence-electron chi connectivity index (χ4n) is 1.56. The van der Waals surface area contributed by atoms with Gasteiger partial charge in [0.05, 0.1) is 18.1 Å². The van der Waals surface area contributed by atoms with E-state index in [0.717, 1.165) is 0 Å². The second-order valence-corrected chi connectivity index (χ2v) is 3.79. The first-order valence-corrected chi connectivity index (χ1v) is 5.26. The maximum absolute atomic E-state index is 12.8. The largest absolute Gasteiger partial charge is 0.586 e. The fraction of sp³-hybridized carbons (Fsp3) is 0.0909. The molecule has 3 N–H and O–H groups in total. The highest BCUT2D eigenvalue weighted by Gasteiger charge is 2.43. The Kier molecular flexibility index (Phi) is 2.37. The number of alkyl halides is 2. The summed E-state index contributed by atoms with van der Waals surface area (Å²) in [6, 6.07) is 4.29. The summed E-state index contributed by atoms with van der Waals surface area (Å²) in [4.78, 5) is 7.86. The van der Waals surface area contributed by atoms with Crippen molar-refractivity contribution in [2.45, 2.75) is 6.29 Å². The molecule has 0 spiro atoms. The zero-order valence-electron chi connectivity index (χ0n) is 9.43. The van der Waals surface area contributed by atoms with Gasteiger partial charge in [-0.3, -0.25) is 0 Å². The first-order chi connectivity index (χ1) is 9.02. The van der Waals surface area contributed by atoms with Crippen LogP contribution in [0.2, 0.25) is 0 Å². The van der Waals surface area contributed by atoms with E-state index in [-0.39, 0.29) is 11.5 Å². The van der Waals surface area contributed by atoms with E-state index < -0.39 is 6.29 Å². The lowest BCUT2D eigenvalue weighted by Gasteiger charge is -2.05. The molecule has 98 valence electrons. The molecule has 0 saturated carbocycles. The molecule has 0 atom stereocenters. The number of hydrogen-bond donors (Lipinski definition) is 2. The summed E-state index contributed by atoms with van der Waals surface area (Å²) in [7, 11) is 0.